The zero-order valence-electron chi connectivity index (χ0n) is 10.2. The molecule has 82 valence electrons. The Morgan fingerprint density at radius 3 is 2.60 bits per heavy atom. The van der Waals surface area contributed by atoms with Crippen molar-refractivity contribution in [1.82, 2.24) is 4.98 Å². The zero-order chi connectivity index (χ0) is 11.4. The molecule has 3 nitrogen and oxygen atoms in total. The molecule has 0 bridgehead atoms. The number of nitrogens with zero attached hydrogens (tertiary/aromatic N) is 3. The number of hydrogen-bond acceptors (Lipinski definition) is 3. The van der Waals surface area contributed by atoms with Gasteiger partial charge in [0.15, 0.2) is 0 Å². The van der Waals surface area contributed by atoms with E-state index in [1.165, 1.54) is 11.3 Å². The molecule has 2 rings (SSSR count). The number of hydrogen-bond donors (Lipinski definition) is 0. The molecular formula is C12H19N3. The van der Waals surface area contributed by atoms with Gasteiger partial charge in [-0.25, -0.2) is 0 Å². The van der Waals surface area contributed by atoms with Crippen LogP contribution >= 0.6 is 0 Å². The van der Waals surface area contributed by atoms with E-state index in [0.29, 0.717) is 0 Å². The first kappa shape index (κ1) is 11.7. The van der Waals surface area contributed by atoms with Crippen LogP contribution in [0.15, 0.2) is 17.3 Å². The Bertz CT molecular complexity index is 369. The molecule has 15 heavy (non-hydrogen) atoms. The summed E-state index contributed by atoms with van der Waals surface area (Å²) in [6.45, 7) is 8.85. The average Bonchev–Trinajstić information content (AvgIpc) is 2.26. The molecule has 1 aliphatic heterocycles. The molecule has 0 saturated carbocycles. The topological polar surface area (TPSA) is 28.5 Å². The third-order valence-corrected chi connectivity index (χ3v) is 2.49. The lowest BCUT2D eigenvalue weighted by Gasteiger charge is -2.26. The van der Waals surface area contributed by atoms with Crippen LogP contribution in [0.3, 0.4) is 0 Å². The van der Waals surface area contributed by atoms with E-state index < -0.39 is 0 Å². The van der Waals surface area contributed by atoms with Crippen molar-refractivity contribution in [3.63, 3.8) is 0 Å². The molecule has 0 N–H and O–H groups in total. The Kier molecular flexibility index (Phi) is 3.83. The van der Waals surface area contributed by atoms with E-state index in [1.54, 1.807) is 0 Å². The second-order valence-corrected chi connectivity index (χ2v) is 3.33. The van der Waals surface area contributed by atoms with Crippen molar-refractivity contribution < 1.29 is 0 Å². The molecule has 3 heteroatoms. The van der Waals surface area contributed by atoms with Crippen LogP contribution in [0.2, 0.25) is 0 Å². The molecule has 0 aliphatic carbocycles. The largest absolute Gasteiger partial charge is 0.332 e. The van der Waals surface area contributed by atoms with Gasteiger partial charge in [0.05, 0.1) is 17.9 Å². The SMILES string of the molecule is CC.CC1=NCc2ccnc(C)c2N1C. The van der Waals surface area contributed by atoms with Crippen LogP contribution in [0, 0.1) is 6.92 Å². The van der Waals surface area contributed by atoms with Gasteiger partial charge in [-0.05, 0) is 19.9 Å². The number of anilines is 1. The highest BCUT2D eigenvalue weighted by atomic mass is 15.2. The molecule has 0 unspecified atom stereocenters. The third kappa shape index (κ3) is 2.17. The van der Waals surface area contributed by atoms with Crippen molar-refractivity contribution >= 4 is 11.5 Å². The van der Waals surface area contributed by atoms with Crippen molar-refractivity contribution in [3.8, 4) is 0 Å². The van der Waals surface area contributed by atoms with Crippen LogP contribution < -0.4 is 4.90 Å². The summed E-state index contributed by atoms with van der Waals surface area (Å²) in [7, 11) is 2.03. The van der Waals surface area contributed by atoms with Crippen LogP contribution in [0.1, 0.15) is 32.0 Å². The van der Waals surface area contributed by atoms with E-state index >= 15 is 0 Å². The number of aromatic nitrogens is 1. The molecule has 2 heterocycles. The van der Waals surface area contributed by atoms with Crippen LogP contribution in [0.25, 0.3) is 0 Å². The van der Waals surface area contributed by atoms with Gasteiger partial charge in [0.1, 0.15) is 5.84 Å². The second kappa shape index (κ2) is 4.91. The predicted octanol–water partition coefficient (Wildman–Crippen LogP) is 2.78. The average molecular weight is 205 g/mol. The molecule has 0 amide bonds. The highest BCUT2D eigenvalue weighted by Crippen LogP contribution is 2.26. The number of aliphatic imine (C=N–C) groups is 1. The molecule has 1 aromatic rings. The first-order chi connectivity index (χ1) is 7.20. The minimum atomic E-state index is 0.787. The highest BCUT2D eigenvalue weighted by Gasteiger charge is 2.16. The second-order valence-electron chi connectivity index (χ2n) is 3.33. The van der Waals surface area contributed by atoms with Crippen LogP contribution in [0.4, 0.5) is 5.69 Å². The summed E-state index contributed by atoms with van der Waals surface area (Å²) >= 11 is 0. The summed E-state index contributed by atoms with van der Waals surface area (Å²) in [4.78, 5) is 10.8. The monoisotopic (exact) mass is 205 g/mol. The number of aryl methyl sites for hydroxylation is 1. The van der Waals surface area contributed by atoms with Crippen molar-refractivity contribution in [2.45, 2.75) is 34.2 Å². The zero-order valence-corrected chi connectivity index (χ0v) is 10.2. The maximum Gasteiger partial charge on any atom is 0.100 e. The van der Waals surface area contributed by atoms with Gasteiger partial charge in [0, 0.05) is 18.8 Å². The maximum absolute atomic E-state index is 4.41. The Hall–Kier alpha value is -1.38. The van der Waals surface area contributed by atoms with Gasteiger partial charge in [0.2, 0.25) is 0 Å². The van der Waals surface area contributed by atoms with Gasteiger partial charge in [0.25, 0.3) is 0 Å². The number of fused-ring (bicyclic) bond motifs is 1. The van der Waals surface area contributed by atoms with Gasteiger partial charge < -0.3 is 4.90 Å². The summed E-state index contributed by atoms with van der Waals surface area (Å²) in [5, 5.41) is 0. The Balaban J connectivity index is 0.000000531. The predicted molar refractivity (Wildman–Crippen MR) is 65.5 cm³/mol. The number of rotatable bonds is 0. The Labute approximate surface area is 91.9 Å². The molecule has 0 spiro atoms. The van der Waals surface area contributed by atoms with Gasteiger partial charge in [-0.1, -0.05) is 13.8 Å². The van der Waals surface area contributed by atoms with E-state index in [1.807, 2.05) is 47.0 Å². The lowest BCUT2D eigenvalue weighted by Crippen LogP contribution is -2.28. The van der Waals surface area contributed by atoms with Gasteiger partial charge in [-0.15, -0.1) is 0 Å². The minimum Gasteiger partial charge on any atom is -0.332 e. The van der Waals surface area contributed by atoms with E-state index in [9.17, 15) is 0 Å². The van der Waals surface area contributed by atoms with Gasteiger partial charge in [-0.3, -0.25) is 9.98 Å². The lowest BCUT2D eigenvalue weighted by atomic mass is 10.1. The molecular weight excluding hydrogens is 186 g/mol. The summed E-state index contributed by atoms with van der Waals surface area (Å²) < 4.78 is 0. The molecule has 0 atom stereocenters. The van der Waals surface area contributed by atoms with Crippen molar-refractivity contribution in [3.05, 3.63) is 23.5 Å². The summed E-state index contributed by atoms with van der Waals surface area (Å²) in [5.41, 5.74) is 3.56. The van der Waals surface area contributed by atoms with Crippen molar-refractivity contribution in [2.24, 2.45) is 4.99 Å². The fraction of sp³-hybridized carbons (Fsp3) is 0.500. The van der Waals surface area contributed by atoms with Crippen molar-refractivity contribution in [1.29, 1.82) is 0 Å². The summed E-state index contributed by atoms with van der Waals surface area (Å²) in [6, 6.07) is 2.04. The first-order valence-corrected chi connectivity index (χ1v) is 5.39. The summed E-state index contributed by atoms with van der Waals surface area (Å²) in [6.07, 6.45) is 1.85. The fourth-order valence-electron chi connectivity index (χ4n) is 1.66. The maximum atomic E-state index is 4.41. The van der Waals surface area contributed by atoms with E-state index in [4.69, 9.17) is 0 Å². The number of pyridine rings is 1. The van der Waals surface area contributed by atoms with Crippen molar-refractivity contribution in [2.75, 3.05) is 11.9 Å². The lowest BCUT2D eigenvalue weighted by molar-refractivity contribution is 0.967. The summed E-state index contributed by atoms with van der Waals surface area (Å²) in [5.74, 6) is 1.06. The Morgan fingerprint density at radius 2 is 1.93 bits per heavy atom. The normalized spacial score (nSPS) is 13.7. The van der Waals surface area contributed by atoms with Gasteiger partial charge >= 0.3 is 0 Å². The van der Waals surface area contributed by atoms with Crippen LogP contribution in [-0.4, -0.2) is 17.9 Å². The Morgan fingerprint density at radius 1 is 1.27 bits per heavy atom. The van der Waals surface area contributed by atoms with E-state index in [0.717, 1.165) is 18.1 Å². The molecule has 1 aromatic heterocycles. The smallest absolute Gasteiger partial charge is 0.100 e. The molecule has 1 aliphatic rings. The van der Waals surface area contributed by atoms with E-state index in [2.05, 4.69) is 14.9 Å². The standard InChI is InChI=1S/C10H13N3.C2H6/c1-7-10-9(4-5-11-7)6-12-8(2)13(10)3;1-2/h4-5H,6H2,1-3H3;1-2H3. The van der Waals surface area contributed by atoms with Gasteiger partial charge in [-0.2, -0.15) is 0 Å². The first-order valence-electron chi connectivity index (χ1n) is 5.39. The molecule has 0 aromatic carbocycles. The van der Waals surface area contributed by atoms with Crippen LogP contribution in [-0.2, 0) is 6.54 Å². The molecule has 0 radical (unpaired) electrons. The molecule has 0 fully saturated rings. The fourth-order valence-corrected chi connectivity index (χ4v) is 1.66. The number of amidine groups is 1. The van der Waals surface area contributed by atoms with Crippen LogP contribution in [0.5, 0.6) is 0 Å². The quantitative estimate of drug-likeness (QED) is 0.651. The third-order valence-electron chi connectivity index (χ3n) is 2.49. The van der Waals surface area contributed by atoms with E-state index in [-0.39, 0.29) is 0 Å². The minimum absolute atomic E-state index is 0.787. The highest BCUT2D eigenvalue weighted by molar-refractivity contribution is 5.98. The molecule has 0 saturated heterocycles.